The molecule has 134 valence electrons. The van der Waals surface area contributed by atoms with Crippen molar-refractivity contribution in [3.8, 4) is 5.75 Å². The largest absolute Gasteiger partial charge is 0.488 e. The van der Waals surface area contributed by atoms with Crippen molar-refractivity contribution in [2.24, 2.45) is 0 Å². The molecule has 0 saturated carbocycles. The molecule has 0 amide bonds. The molecule has 0 atom stereocenters. The summed E-state index contributed by atoms with van der Waals surface area (Å²) in [6.07, 6.45) is 0. The van der Waals surface area contributed by atoms with Crippen molar-refractivity contribution in [3.63, 3.8) is 0 Å². The second-order valence-electron chi connectivity index (χ2n) is 6.08. The summed E-state index contributed by atoms with van der Waals surface area (Å²) < 4.78 is 5.96. The number of ether oxygens (including phenoxy) is 1. The fourth-order valence-corrected chi connectivity index (χ4v) is 3.17. The number of carbonyl (C=O) groups is 1. The minimum atomic E-state index is -0.982. The number of rotatable bonds is 7. The highest BCUT2D eigenvalue weighted by molar-refractivity contribution is 5.91. The van der Waals surface area contributed by atoms with Gasteiger partial charge in [-0.3, -0.25) is 0 Å². The van der Waals surface area contributed by atoms with Crippen LogP contribution in [0.4, 0.5) is 5.69 Å². The average molecular weight is 349 g/mol. The zero-order chi connectivity index (χ0) is 18.5. The second kappa shape index (κ2) is 7.91. The summed E-state index contributed by atoms with van der Waals surface area (Å²) >= 11 is 0. The third-order valence-electron chi connectivity index (χ3n) is 4.59. The average Bonchev–Trinajstić information content (AvgIpc) is 2.67. The maximum Gasteiger partial charge on any atom is 0.339 e. The summed E-state index contributed by atoms with van der Waals surface area (Å²) in [5.74, 6) is -0.584. The number of fused-ring (bicyclic) bond motifs is 1. The molecule has 26 heavy (non-hydrogen) atoms. The highest BCUT2D eigenvalue weighted by Crippen LogP contribution is 2.28. The van der Waals surface area contributed by atoms with Crippen LogP contribution in [0.1, 0.15) is 29.8 Å². The van der Waals surface area contributed by atoms with Gasteiger partial charge in [-0.1, -0.05) is 42.5 Å². The molecule has 4 heteroatoms. The Bertz CT molecular complexity index is 911. The van der Waals surface area contributed by atoms with Crippen LogP contribution < -0.4 is 9.64 Å². The summed E-state index contributed by atoms with van der Waals surface area (Å²) in [5, 5.41) is 11.7. The van der Waals surface area contributed by atoms with Gasteiger partial charge in [0.05, 0.1) is 0 Å². The first kappa shape index (κ1) is 17.8. The quantitative estimate of drug-likeness (QED) is 0.655. The van der Waals surface area contributed by atoms with Crippen molar-refractivity contribution in [1.29, 1.82) is 0 Å². The maximum absolute atomic E-state index is 11.6. The highest BCUT2D eigenvalue weighted by Gasteiger charge is 2.14. The van der Waals surface area contributed by atoms with Gasteiger partial charge >= 0.3 is 5.97 Å². The molecule has 0 unspecified atom stereocenters. The lowest BCUT2D eigenvalue weighted by molar-refractivity contribution is 0.0692. The molecule has 3 rings (SSSR count). The Morgan fingerprint density at radius 3 is 2.46 bits per heavy atom. The van der Waals surface area contributed by atoms with Gasteiger partial charge in [0, 0.05) is 24.8 Å². The van der Waals surface area contributed by atoms with Gasteiger partial charge in [-0.05, 0) is 42.3 Å². The van der Waals surface area contributed by atoms with Crippen molar-refractivity contribution in [3.05, 3.63) is 71.8 Å². The van der Waals surface area contributed by atoms with Crippen LogP contribution in [-0.2, 0) is 6.61 Å². The Hall–Kier alpha value is -3.01. The minimum Gasteiger partial charge on any atom is -0.488 e. The number of aromatic carboxylic acids is 1. The molecule has 0 radical (unpaired) electrons. The van der Waals surface area contributed by atoms with E-state index in [9.17, 15) is 9.90 Å². The molecule has 3 aromatic rings. The molecule has 0 aliphatic rings. The number of benzene rings is 3. The molecule has 0 fully saturated rings. The fraction of sp³-hybridized carbons (Fsp3) is 0.227. The van der Waals surface area contributed by atoms with Crippen LogP contribution >= 0.6 is 0 Å². The first-order valence-electron chi connectivity index (χ1n) is 8.85. The van der Waals surface area contributed by atoms with E-state index >= 15 is 0 Å². The van der Waals surface area contributed by atoms with E-state index in [1.54, 1.807) is 6.07 Å². The highest BCUT2D eigenvalue weighted by atomic mass is 16.5. The third kappa shape index (κ3) is 3.64. The molecule has 0 aliphatic carbocycles. The van der Waals surface area contributed by atoms with Crippen LogP contribution in [0.2, 0.25) is 0 Å². The molecule has 4 nitrogen and oxygen atoms in total. The zero-order valence-electron chi connectivity index (χ0n) is 15.1. The lowest BCUT2D eigenvalue weighted by Crippen LogP contribution is -2.22. The van der Waals surface area contributed by atoms with E-state index in [1.807, 2.05) is 36.4 Å². The van der Waals surface area contributed by atoms with Gasteiger partial charge in [-0.15, -0.1) is 0 Å². The van der Waals surface area contributed by atoms with Gasteiger partial charge in [-0.25, -0.2) is 4.79 Å². The Labute approximate surface area is 153 Å². The Kier molecular flexibility index (Phi) is 5.42. The van der Waals surface area contributed by atoms with Crippen molar-refractivity contribution in [2.75, 3.05) is 18.0 Å². The molecule has 3 aromatic carbocycles. The molecule has 1 N–H and O–H groups in total. The molecule has 0 saturated heterocycles. The summed E-state index contributed by atoms with van der Waals surface area (Å²) in [5.41, 5.74) is 2.18. The van der Waals surface area contributed by atoms with Crippen LogP contribution in [0.25, 0.3) is 10.8 Å². The summed E-state index contributed by atoms with van der Waals surface area (Å²) in [6, 6.07) is 19.4. The number of carboxylic acids is 1. The number of carboxylic acid groups (broad SMARTS) is 1. The third-order valence-corrected chi connectivity index (χ3v) is 4.59. The SMILES string of the molecule is CCN(CC)c1ccc(C(=O)O)c(OCc2cccc3ccccc23)c1. The van der Waals surface area contributed by atoms with Crippen molar-refractivity contribution < 1.29 is 14.6 Å². The van der Waals surface area contributed by atoms with Gasteiger partial charge in [0.15, 0.2) is 0 Å². The maximum atomic E-state index is 11.6. The van der Waals surface area contributed by atoms with Crippen molar-refractivity contribution in [1.82, 2.24) is 0 Å². The Morgan fingerprint density at radius 1 is 1.00 bits per heavy atom. The van der Waals surface area contributed by atoms with Gasteiger partial charge in [0.2, 0.25) is 0 Å². The van der Waals surface area contributed by atoms with Crippen LogP contribution in [0.15, 0.2) is 60.7 Å². The lowest BCUT2D eigenvalue weighted by Gasteiger charge is -2.22. The molecule has 0 aromatic heterocycles. The van der Waals surface area contributed by atoms with Crippen LogP contribution in [-0.4, -0.2) is 24.2 Å². The van der Waals surface area contributed by atoms with E-state index in [2.05, 4.69) is 36.9 Å². The van der Waals surface area contributed by atoms with E-state index in [0.717, 1.165) is 35.1 Å². The summed E-state index contributed by atoms with van der Waals surface area (Å²) in [6.45, 7) is 6.18. The molecular weight excluding hydrogens is 326 g/mol. The first-order valence-corrected chi connectivity index (χ1v) is 8.85. The fourth-order valence-electron chi connectivity index (χ4n) is 3.17. The van der Waals surface area contributed by atoms with Gasteiger partial charge in [-0.2, -0.15) is 0 Å². The molecule has 0 bridgehead atoms. The van der Waals surface area contributed by atoms with E-state index < -0.39 is 5.97 Å². The number of hydrogen-bond acceptors (Lipinski definition) is 3. The smallest absolute Gasteiger partial charge is 0.339 e. The topological polar surface area (TPSA) is 49.8 Å². The van der Waals surface area contributed by atoms with Crippen LogP contribution in [0, 0.1) is 0 Å². The molecule has 0 heterocycles. The van der Waals surface area contributed by atoms with E-state index in [4.69, 9.17) is 4.74 Å². The Balaban J connectivity index is 1.92. The van der Waals surface area contributed by atoms with Crippen LogP contribution in [0.5, 0.6) is 5.75 Å². The Morgan fingerprint density at radius 2 is 1.73 bits per heavy atom. The minimum absolute atomic E-state index is 0.182. The molecular formula is C22H23NO3. The first-order chi connectivity index (χ1) is 12.6. The lowest BCUT2D eigenvalue weighted by atomic mass is 10.1. The summed E-state index contributed by atoms with van der Waals surface area (Å²) in [7, 11) is 0. The predicted octanol–water partition coefficient (Wildman–Crippen LogP) is 4.96. The van der Waals surface area contributed by atoms with E-state index in [0.29, 0.717) is 12.4 Å². The molecule has 0 spiro atoms. The number of hydrogen-bond donors (Lipinski definition) is 1. The van der Waals surface area contributed by atoms with Gasteiger partial charge in [0.1, 0.15) is 17.9 Å². The zero-order valence-corrected chi connectivity index (χ0v) is 15.1. The number of nitrogens with zero attached hydrogens (tertiary/aromatic N) is 1. The predicted molar refractivity (Wildman–Crippen MR) is 105 cm³/mol. The van der Waals surface area contributed by atoms with E-state index in [-0.39, 0.29) is 5.56 Å². The number of anilines is 1. The second-order valence-corrected chi connectivity index (χ2v) is 6.08. The standard InChI is InChI=1S/C22H23NO3/c1-3-23(4-2)18-12-13-20(22(24)25)21(14-18)26-15-17-10-7-9-16-8-5-6-11-19(16)17/h5-14H,3-4,15H2,1-2H3,(H,24,25). The normalized spacial score (nSPS) is 10.7. The van der Waals surface area contributed by atoms with Crippen LogP contribution in [0.3, 0.4) is 0 Å². The summed E-state index contributed by atoms with van der Waals surface area (Å²) in [4.78, 5) is 13.7. The van der Waals surface area contributed by atoms with Gasteiger partial charge in [0.25, 0.3) is 0 Å². The van der Waals surface area contributed by atoms with Crippen molar-refractivity contribution >= 4 is 22.4 Å². The van der Waals surface area contributed by atoms with Crippen molar-refractivity contribution in [2.45, 2.75) is 20.5 Å². The monoisotopic (exact) mass is 349 g/mol. The van der Waals surface area contributed by atoms with Gasteiger partial charge < -0.3 is 14.7 Å². The van der Waals surface area contributed by atoms with E-state index in [1.165, 1.54) is 0 Å². The molecule has 0 aliphatic heterocycles.